The standard InChI is InChI=1S/C29H39N3O3/c1-4-5-12-25(33)19-31(20-27-13-9-18-34-27)21-28-23(3)30-32(24-10-7-6-8-11-24)29(28)35-26-16-14-22(2)15-17-26/h6-8,10-11,14-17,25,27,33H,4-5,9,12-13,18-21H2,1-3H3/t25-,27+/m1/s1. The Morgan fingerprint density at radius 1 is 1.14 bits per heavy atom. The monoisotopic (exact) mass is 477 g/mol. The molecule has 0 radical (unpaired) electrons. The molecule has 2 aromatic carbocycles. The average Bonchev–Trinajstić information content (AvgIpc) is 3.48. The Morgan fingerprint density at radius 3 is 2.60 bits per heavy atom. The van der Waals surface area contributed by atoms with Crippen LogP contribution in [-0.4, -0.2) is 51.7 Å². The van der Waals surface area contributed by atoms with Gasteiger partial charge < -0.3 is 14.6 Å². The molecule has 35 heavy (non-hydrogen) atoms. The van der Waals surface area contributed by atoms with E-state index in [2.05, 4.69) is 30.9 Å². The predicted molar refractivity (Wildman–Crippen MR) is 139 cm³/mol. The van der Waals surface area contributed by atoms with E-state index < -0.39 is 0 Å². The van der Waals surface area contributed by atoms with Crippen molar-refractivity contribution in [1.29, 1.82) is 0 Å². The molecule has 0 spiro atoms. The highest BCUT2D eigenvalue weighted by Crippen LogP contribution is 2.32. The van der Waals surface area contributed by atoms with Gasteiger partial charge in [0.15, 0.2) is 0 Å². The van der Waals surface area contributed by atoms with Gasteiger partial charge in [0.1, 0.15) is 5.75 Å². The van der Waals surface area contributed by atoms with E-state index in [0.717, 1.165) is 73.8 Å². The van der Waals surface area contributed by atoms with E-state index in [1.165, 1.54) is 5.56 Å². The molecule has 1 aliphatic rings. The zero-order valence-corrected chi connectivity index (χ0v) is 21.3. The van der Waals surface area contributed by atoms with Gasteiger partial charge in [-0.15, -0.1) is 0 Å². The molecule has 3 aromatic rings. The van der Waals surface area contributed by atoms with Gasteiger partial charge in [-0.3, -0.25) is 4.90 Å². The summed E-state index contributed by atoms with van der Waals surface area (Å²) in [6, 6.07) is 18.2. The van der Waals surface area contributed by atoms with Crippen LogP contribution in [0.3, 0.4) is 0 Å². The number of aryl methyl sites for hydroxylation is 2. The van der Waals surface area contributed by atoms with Crippen LogP contribution < -0.4 is 4.74 Å². The molecule has 0 amide bonds. The van der Waals surface area contributed by atoms with Crippen molar-refractivity contribution in [3.63, 3.8) is 0 Å². The van der Waals surface area contributed by atoms with Crippen LogP contribution in [0.25, 0.3) is 5.69 Å². The van der Waals surface area contributed by atoms with Gasteiger partial charge in [0.2, 0.25) is 5.88 Å². The highest BCUT2D eigenvalue weighted by Gasteiger charge is 2.25. The highest BCUT2D eigenvalue weighted by atomic mass is 16.5. The van der Waals surface area contributed by atoms with Gasteiger partial charge in [0.25, 0.3) is 0 Å². The third-order valence-corrected chi connectivity index (χ3v) is 6.60. The van der Waals surface area contributed by atoms with E-state index in [9.17, 15) is 5.11 Å². The van der Waals surface area contributed by atoms with Gasteiger partial charge in [-0.1, -0.05) is 55.7 Å². The minimum absolute atomic E-state index is 0.208. The lowest BCUT2D eigenvalue weighted by molar-refractivity contribution is 0.0434. The normalized spacial score (nSPS) is 16.7. The summed E-state index contributed by atoms with van der Waals surface area (Å²) in [5, 5.41) is 15.6. The fraction of sp³-hybridized carbons (Fsp3) is 0.483. The lowest BCUT2D eigenvalue weighted by atomic mass is 10.1. The molecule has 1 aromatic heterocycles. The van der Waals surface area contributed by atoms with Gasteiger partial charge in [-0.05, 0) is 57.4 Å². The molecule has 6 heteroatoms. The molecule has 0 bridgehead atoms. The zero-order chi connectivity index (χ0) is 24.6. The molecule has 2 heterocycles. The predicted octanol–water partition coefficient (Wildman–Crippen LogP) is 5.81. The van der Waals surface area contributed by atoms with E-state index in [4.69, 9.17) is 14.6 Å². The Kier molecular flexibility index (Phi) is 8.96. The second kappa shape index (κ2) is 12.3. The van der Waals surface area contributed by atoms with Gasteiger partial charge in [-0.25, -0.2) is 4.68 Å². The fourth-order valence-electron chi connectivity index (χ4n) is 4.62. The summed E-state index contributed by atoms with van der Waals surface area (Å²) in [7, 11) is 0. The Balaban J connectivity index is 1.65. The van der Waals surface area contributed by atoms with Gasteiger partial charge in [-0.2, -0.15) is 5.10 Å². The zero-order valence-electron chi connectivity index (χ0n) is 21.3. The van der Waals surface area contributed by atoms with Gasteiger partial charge >= 0.3 is 0 Å². The Morgan fingerprint density at radius 2 is 1.91 bits per heavy atom. The van der Waals surface area contributed by atoms with Crippen LogP contribution in [0.2, 0.25) is 0 Å². The van der Waals surface area contributed by atoms with Crippen LogP contribution in [0.5, 0.6) is 11.6 Å². The van der Waals surface area contributed by atoms with E-state index in [1.54, 1.807) is 0 Å². The number of benzene rings is 2. The largest absolute Gasteiger partial charge is 0.439 e. The first-order valence-corrected chi connectivity index (χ1v) is 12.9. The summed E-state index contributed by atoms with van der Waals surface area (Å²) < 4.78 is 14.3. The first-order valence-electron chi connectivity index (χ1n) is 12.9. The van der Waals surface area contributed by atoms with Crippen LogP contribution in [0.15, 0.2) is 54.6 Å². The second-order valence-electron chi connectivity index (χ2n) is 9.66. The van der Waals surface area contributed by atoms with Gasteiger partial charge in [0, 0.05) is 26.2 Å². The quantitative estimate of drug-likeness (QED) is 0.357. The van der Waals surface area contributed by atoms with Crippen molar-refractivity contribution < 1.29 is 14.6 Å². The molecular weight excluding hydrogens is 438 g/mol. The molecule has 1 fully saturated rings. The molecule has 4 rings (SSSR count). The van der Waals surface area contributed by atoms with E-state index in [0.29, 0.717) is 13.1 Å². The van der Waals surface area contributed by atoms with Gasteiger partial charge in [0.05, 0.1) is 29.2 Å². The minimum Gasteiger partial charge on any atom is -0.439 e. The number of hydrogen-bond acceptors (Lipinski definition) is 5. The van der Waals surface area contributed by atoms with Crippen LogP contribution in [0, 0.1) is 13.8 Å². The maximum atomic E-state index is 10.8. The number of nitrogens with zero attached hydrogens (tertiary/aromatic N) is 3. The van der Waals surface area contributed by atoms with Crippen LogP contribution in [0.4, 0.5) is 0 Å². The molecule has 6 nitrogen and oxygen atoms in total. The fourth-order valence-corrected chi connectivity index (χ4v) is 4.62. The van der Waals surface area contributed by atoms with Crippen molar-refractivity contribution in [2.45, 2.75) is 71.6 Å². The first-order chi connectivity index (χ1) is 17.0. The minimum atomic E-state index is -0.359. The van der Waals surface area contributed by atoms with E-state index in [-0.39, 0.29) is 12.2 Å². The van der Waals surface area contributed by atoms with Crippen LogP contribution in [-0.2, 0) is 11.3 Å². The van der Waals surface area contributed by atoms with Crippen molar-refractivity contribution in [3.8, 4) is 17.3 Å². The third kappa shape index (κ3) is 6.94. The SMILES string of the molecule is CCCC[C@@H](O)CN(Cc1c(C)nn(-c2ccccc2)c1Oc1ccc(C)cc1)C[C@@H]1CCCO1. The summed E-state index contributed by atoms with van der Waals surface area (Å²) >= 11 is 0. The lowest BCUT2D eigenvalue weighted by Gasteiger charge is -2.27. The van der Waals surface area contributed by atoms with Crippen LogP contribution in [0.1, 0.15) is 55.8 Å². The van der Waals surface area contributed by atoms with Crippen molar-refractivity contribution in [1.82, 2.24) is 14.7 Å². The van der Waals surface area contributed by atoms with Crippen molar-refractivity contribution >= 4 is 0 Å². The molecule has 1 N–H and O–H groups in total. The second-order valence-corrected chi connectivity index (χ2v) is 9.66. The molecular formula is C29H39N3O3. The number of aliphatic hydroxyl groups is 1. The van der Waals surface area contributed by atoms with E-state index in [1.807, 2.05) is 54.1 Å². The van der Waals surface area contributed by atoms with Crippen molar-refractivity contribution in [2.24, 2.45) is 0 Å². The number of ether oxygens (including phenoxy) is 2. The molecule has 0 unspecified atom stereocenters. The van der Waals surface area contributed by atoms with E-state index >= 15 is 0 Å². The van der Waals surface area contributed by atoms with Crippen molar-refractivity contribution in [3.05, 3.63) is 71.4 Å². The smallest absolute Gasteiger partial charge is 0.227 e. The number of para-hydroxylation sites is 1. The molecule has 1 saturated heterocycles. The Hall–Kier alpha value is -2.67. The molecule has 188 valence electrons. The summed E-state index contributed by atoms with van der Waals surface area (Å²) in [6.07, 6.45) is 4.94. The Bertz CT molecular complexity index is 1040. The molecule has 1 aliphatic heterocycles. The third-order valence-electron chi connectivity index (χ3n) is 6.60. The highest BCUT2D eigenvalue weighted by molar-refractivity contribution is 5.43. The number of rotatable bonds is 12. The van der Waals surface area contributed by atoms with Crippen LogP contribution >= 0.6 is 0 Å². The maximum absolute atomic E-state index is 10.8. The number of hydrogen-bond donors (Lipinski definition) is 1. The first kappa shape index (κ1) is 25.4. The lowest BCUT2D eigenvalue weighted by Crippen LogP contribution is -2.37. The summed E-state index contributed by atoms with van der Waals surface area (Å²) in [5.74, 6) is 1.50. The summed E-state index contributed by atoms with van der Waals surface area (Å²) in [6.45, 7) is 9.14. The summed E-state index contributed by atoms with van der Waals surface area (Å²) in [5.41, 5.74) is 4.11. The number of unbranched alkanes of at least 4 members (excludes halogenated alkanes) is 1. The molecule has 2 atom stereocenters. The Labute approximate surface area is 209 Å². The topological polar surface area (TPSA) is 59.8 Å². The molecule has 0 saturated carbocycles. The maximum Gasteiger partial charge on any atom is 0.227 e. The number of aromatic nitrogens is 2. The summed E-state index contributed by atoms with van der Waals surface area (Å²) in [4.78, 5) is 2.32. The van der Waals surface area contributed by atoms with Crippen molar-refractivity contribution in [2.75, 3.05) is 19.7 Å². The molecule has 0 aliphatic carbocycles. The average molecular weight is 478 g/mol. The number of aliphatic hydroxyl groups excluding tert-OH is 1.